The summed E-state index contributed by atoms with van der Waals surface area (Å²) < 4.78 is 5.14. The van der Waals surface area contributed by atoms with Gasteiger partial charge in [0, 0.05) is 0 Å². The van der Waals surface area contributed by atoms with Gasteiger partial charge in [0.1, 0.15) is 5.75 Å². The molecule has 0 spiro atoms. The van der Waals surface area contributed by atoms with Gasteiger partial charge in [-0.1, -0.05) is 26.3 Å². The number of methoxy groups -OCH3 is 1. The molecule has 1 aliphatic rings. The van der Waals surface area contributed by atoms with Crippen LogP contribution in [-0.4, -0.2) is 7.11 Å². The Bertz CT molecular complexity index is 279. The van der Waals surface area contributed by atoms with Gasteiger partial charge >= 0.3 is 0 Å². The molecule has 0 aliphatic heterocycles. The molecule has 0 saturated carbocycles. The lowest BCUT2D eigenvalue weighted by Crippen LogP contribution is -1.86. The molecule has 0 bridgehead atoms. The third-order valence-corrected chi connectivity index (χ3v) is 2.31. The summed E-state index contributed by atoms with van der Waals surface area (Å²) in [6.07, 6.45) is 5.04. The predicted octanol–water partition coefficient (Wildman–Crippen LogP) is 3.60. The lowest BCUT2D eigenvalue weighted by atomic mass is 10.1. The van der Waals surface area contributed by atoms with E-state index in [9.17, 15) is 0 Å². The van der Waals surface area contributed by atoms with Crippen LogP contribution >= 0.6 is 0 Å². The number of aryl methyl sites for hydroxylation is 2. The average molecular weight is 192 g/mol. The van der Waals surface area contributed by atoms with Gasteiger partial charge in [-0.2, -0.15) is 0 Å². The number of ether oxygens (including phenoxy) is 1. The van der Waals surface area contributed by atoms with Gasteiger partial charge in [-0.3, -0.25) is 0 Å². The summed E-state index contributed by atoms with van der Waals surface area (Å²) in [6, 6.07) is 6.38. The summed E-state index contributed by atoms with van der Waals surface area (Å²) >= 11 is 0. The fourth-order valence-corrected chi connectivity index (χ4v) is 1.68. The minimum atomic E-state index is 0.991. The second kappa shape index (κ2) is 5.69. The van der Waals surface area contributed by atoms with Crippen LogP contribution in [0.25, 0.3) is 0 Å². The molecule has 0 amide bonds. The third-order valence-electron chi connectivity index (χ3n) is 2.31. The van der Waals surface area contributed by atoms with E-state index in [2.05, 4.69) is 26.0 Å². The highest BCUT2D eigenvalue weighted by Gasteiger charge is 2.10. The van der Waals surface area contributed by atoms with E-state index < -0.39 is 0 Å². The molecule has 0 aromatic heterocycles. The lowest BCUT2D eigenvalue weighted by Gasteiger charge is -2.02. The van der Waals surface area contributed by atoms with Gasteiger partial charge in [0.15, 0.2) is 0 Å². The molecule has 1 heteroatoms. The molecule has 1 nitrogen and oxygen atoms in total. The highest BCUT2D eigenvalue weighted by molar-refractivity contribution is 5.38. The van der Waals surface area contributed by atoms with E-state index in [4.69, 9.17) is 4.74 Å². The molecule has 0 heterocycles. The first-order valence-corrected chi connectivity index (χ1v) is 5.47. The Kier molecular flexibility index (Phi) is 4.51. The maximum Gasteiger partial charge on any atom is 0.119 e. The third kappa shape index (κ3) is 2.76. The van der Waals surface area contributed by atoms with Crippen LogP contribution in [0.15, 0.2) is 18.2 Å². The van der Waals surface area contributed by atoms with Gasteiger partial charge in [-0.05, 0) is 42.5 Å². The van der Waals surface area contributed by atoms with Crippen molar-refractivity contribution in [3.63, 3.8) is 0 Å². The Labute approximate surface area is 87.1 Å². The van der Waals surface area contributed by atoms with Crippen LogP contribution in [-0.2, 0) is 12.8 Å². The normalized spacial score (nSPS) is 12.8. The van der Waals surface area contributed by atoms with Crippen LogP contribution in [0.4, 0.5) is 0 Å². The monoisotopic (exact) mass is 192 g/mol. The Morgan fingerprint density at radius 1 is 1.14 bits per heavy atom. The number of hydrogen-bond donors (Lipinski definition) is 0. The first kappa shape index (κ1) is 11.1. The molecule has 14 heavy (non-hydrogen) atoms. The van der Waals surface area contributed by atoms with Crippen molar-refractivity contribution >= 4 is 0 Å². The van der Waals surface area contributed by atoms with Crippen molar-refractivity contribution in [1.82, 2.24) is 0 Å². The summed E-state index contributed by atoms with van der Waals surface area (Å²) in [5.41, 5.74) is 2.98. The van der Waals surface area contributed by atoms with Crippen molar-refractivity contribution < 1.29 is 4.74 Å². The van der Waals surface area contributed by atoms with Crippen molar-refractivity contribution in [2.45, 2.75) is 39.5 Å². The zero-order valence-electron chi connectivity index (χ0n) is 9.47. The quantitative estimate of drug-likeness (QED) is 0.660. The zero-order valence-corrected chi connectivity index (χ0v) is 9.47. The molecule has 78 valence electrons. The maximum absolute atomic E-state index is 5.14. The Hall–Kier alpha value is -0.980. The Balaban J connectivity index is 0.000000293. The molecule has 0 saturated heterocycles. The van der Waals surface area contributed by atoms with Gasteiger partial charge in [-0.25, -0.2) is 0 Å². The Morgan fingerprint density at radius 2 is 1.79 bits per heavy atom. The summed E-state index contributed by atoms with van der Waals surface area (Å²) in [6.45, 7) is 4.25. The summed E-state index contributed by atoms with van der Waals surface area (Å²) in [7, 11) is 1.72. The van der Waals surface area contributed by atoms with E-state index in [0.29, 0.717) is 0 Å². The van der Waals surface area contributed by atoms with Crippen LogP contribution in [0.5, 0.6) is 5.75 Å². The molecule has 0 radical (unpaired) electrons. The molecule has 0 N–H and O–H groups in total. The van der Waals surface area contributed by atoms with Crippen LogP contribution in [0, 0.1) is 0 Å². The molecule has 1 aliphatic carbocycles. The minimum absolute atomic E-state index is 0.991. The maximum atomic E-state index is 5.14. The minimum Gasteiger partial charge on any atom is -0.497 e. The largest absolute Gasteiger partial charge is 0.497 e. The first-order chi connectivity index (χ1) is 6.81. The molecule has 0 unspecified atom stereocenters. The molecule has 1 aromatic rings. The summed E-state index contributed by atoms with van der Waals surface area (Å²) in [5.74, 6) is 0.991. The molecular formula is C13H20O. The van der Waals surface area contributed by atoms with Gasteiger partial charge in [0.2, 0.25) is 0 Å². The predicted molar refractivity (Wildman–Crippen MR) is 61.0 cm³/mol. The highest BCUT2D eigenvalue weighted by atomic mass is 16.5. The van der Waals surface area contributed by atoms with E-state index in [0.717, 1.165) is 5.75 Å². The second-order valence-electron chi connectivity index (χ2n) is 3.70. The number of hydrogen-bond acceptors (Lipinski definition) is 1. The standard InChI is InChI=1S/C10H12O.C3H8/c1-11-10-6-5-8-3-2-4-9(8)7-10;1-3-2/h5-7H,2-4H2,1H3;3H2,1-2H3. The molecule has 0 fully saturated rings. The average Bonchev–Trinajstić information content (AvgIpc) is 2.65. The molecular weight excluding hydrogens is 172 g/mol. The smallest absolute Gasteiger partial charge is 0.119 e. The molecule has 2 rings (SSSR count). The fourth-order valence-electron chi connectivity index (χ4n) is 1.68. The SMILES string of the molecule is CCC.COc1ccc2c(c1)CCC2. The zero-order chi connectivity index (χ0) is 10.4. The van der Waals surface area contributed by atoms with Gasteiger partial charge in [0.05, 0.1) is 7.11 Å². The fraction of sp³-hybridized carbons (Fsp3) is 0.538. The van der Waals surface area contributed by atoms with Crippen molar-refractivity contribution in [3.8, 4) is 5.75 Å². The van der Waals surface area contributed by atoms with E-state index >= 15 is 0 Å². The molecule has 1 aromatic carbocycles. The van der Waals surface area contributed by atoms with E-state index in [-0.39, 0.29) is 0 Å². The molecule has 0 atom stereocenters. The summed E-state index contributed by atoms with van der Waals surface area (Å²) in [5, 5.41) is 0. The van der Waals surface area contributed by atoms with Gasteiger partial charge in [-0.15, -0.1) is 0 Å². The van der Waals surface area contributed by atoms with E-state index in [1.54, 1.807) is 7.11 Å². The van der Waals surface area contributed by atoms with Crippen molar-refractivity contribution in [2.24, 2.45) is 0 Å². The number of fused-ring (bicyclic) bond motifs is 1. The van der Waals surface area contributed by atoms with E-state index in [1.807, 2.05) is 6.07 Å². The second-order valence-corrected chi connectivity index (χ2v) is 3.70. The van der Waals surface area contributed by atoms with Gasteiger partial charge < -0.3 is 4.74 Å². The van der Waals surface area contributed by atoms with Gasteiger partial charge in [0.25, 0.3) is 0 Å². The summed E-state index contributed by atoms with van der Waals surface area (Å²) in [4.78, 5) is 0. The Morgan fingerprint density at radius 3 is 2.43 bits per heavy atom. The van der Waals surface area contributed by atoms with Crippen LogP contribution in [0.3, 0.4) is 0 Å². The lowest BCUT2D eigenvalue weighted by molar-refractivity contribution is 0.414. The van der Waals surface area contributed by atoms with Crippen LogP contribution in [0.2, 0.25) is 0 Å². The van der Waals surface area contributed by atoms with E-state index in [1.165, 1.54) is 36.8 Å². The van der Waals surface area contributed by atoms with Crippen molar-refractivity contribution in [1.29, 1.82) is 0 Å². The highest BCUT2D eigenvalue weighted by Crippen LogP contribution is 2.25. The van der Waals surface area contributed by atoms with Crippen molar-refractivity contribution in [3.05, 3.63) is 29.3 Å². The van der Waals surface area contributed by atoms with Crippen LogP contribution in [0.1, 0.15) is 37.8 Å². The first-order valence-electron chi connectivity index (χ1n) is 5.47. The number of benzene rings is 1. The van der Waals surface area contributed by atoms with Crippen LogP contribution < -0.4 is 4.74 Å². The van der Waals surface area contributed by atoms with Crippen molar-refractivity contribution in [2.75, 3.05) is 7.11 Å². The topological polar surface area (TPSA) is 9.23 Å². The number of rotatable bonds is 1.